The Morgan fingerprint density at radius 1 is 1.44 bits per heavy atom. The first-order valence-corrected chi connectivity index (χ1v) is 7.86. The van der Waals surface area contributed by atoms with Gasteiger partial charge in [-0.05, 0) is 24.3 Å². The molecule has 1 aliphatic rings. The molecule has 1 amide bonds. The van der Waals surface area contributed by atoms with Crippen molar-refractivity contribution in [2.24, 2.45) is 0 Å². The molecule has 0 saturated heterocycles. The number of benzene rings is 1. The largest absolute Gasteiger partial charge is 0.305 e. The van der Waals surface area contributed by atoms with Crippen molar-refractivity contribution in [2.45, 2.75) is 13.0 Å². The van der Waals surface area contributed by atoms with Crippen LogP contribution in [0.3, 0.4) is 0 Å². The quantitative estimate of drug-likeness (QED) is 0.835. The average Bonchev–Trinajstić information content (AvgIpc) is 2.58. The first kappa shape index (κ1) is 13.3. The zero-order chi connectivity index (χ0) is 13.3. The molecule has 0 bridgehead atoms. The molecule has 4 nitrogen and oxygen atoms in total. The van der Waals surface area contributed by atoms with Crippen LogP contribution in [-0.4, -0.2) is 26.1 Å². The molecule has 0 radical (unpaired) electrons. The first-order valence-electron chi connectivity index (χ1n) is 5.35. The van der Waals surface area contributed by atoms with Crippen molar-refractivity contribution >= 4 is 37.4 Å². The van der Waals surface area contributed by atoms with Gasteiger partial charge in [-0.2, -0.15) is 0 Å². The van der Waals surface area contributed by atoms with Crippen molar-refractivity contribution in [1.29, 1.82) is 0 Å². The first-order chi connectivity index (χ1) is 8.39. The van der Waals surface area contributed by atoms with Crippen LogP contribution in [-0.2, 0) is 14.6 Å². The second-order valence-electron chi connectivity index (χ2n) is 4.09. The number of rotatable bonds is 2. The molecule has 1 atom stereocenters. The maximum absolute atomic E-state index is 11.7. The molecule has 1 aliphatic heterocycles. The van der Waals surface area contributed by atoms with Gasteiger partial charge in [-0.15, -0.1) is 0 Å². The molecular weight excluding hydrogens is 318 g/mol. The zero-order valence-corrected chi connectivity index (χ0v) is 12.1. The summed E-state index contributed by atoms with van der Waals surface area (Å²) in [5.41, 5.74) is 0.684. The summed E-state index contributed by atoms with van der Waals surface area (Å²) in [6.07, 6.45) is 1.55. The van der Waals surface area contributed by atoms with Gasteiger partial charge in [-0.1, -0.05) is 22.0 Å². The third-order valence-corrected chi connectivity index (χ3v) is 4.54. The predicted octanol–water partition coefficient (Wildman–Crippen LogP) is 2.11. The van der Waals surface area contributed by atoms with Crippen LogP contribution in [0.2, 0.25) is 0 Å². The number of hydrogen-bond acceptors (Lipinski definition) is 3. The highest BCUT2D eigenvalue weighted by Crippen LogP contribution is 2.25. The third-order valence-electron chi connectivity index (χ3n) is 2.67. The monoisotopic (exact) mass is 329 g/mol. The van der Waals surface area contributed by atoms with Gasteiger partial charge < -0.3 is 4.90 Å². The van der Waals surface area contributed by atoms with Gasteiger partial charge >= 0.3 is 0 Å². The highest BCUT2D eigenvalue weighted by atomic mass is 79.9. The Balaban J connectivity index is 2.37. The van der Waals surface area contributed by atoms with Crippen molar-refractivity contribution in [1.82, 2.24) is 0 Å². The van der Waals surface area contributed by atoms with Crippen LogP contribution in [0.4, 0.5) is 5.69 Å². The normalized spacial score (nSPS) is 20.9. The Bertz CT molecular complexity index is 610. The molecule has 0 spiro atoms. The molecular formula is C12H12BrNO3S. The molecule has 1 aromatic carbocycles. The van der Waals surface area contributed by atoms with Gasteiger partial charge in [-0.3, -0.25) is 4.79 Å². The van der Waals surface area contributed by atoms with Crippen molar-refractivity contribution in [3.63, 3.8) is 0 Å². The Kier molecular flexibility index (Phi) is 3.59. The lowest BCUT2D eigenvalue weighted by Gasteiger charge is -2.26. The van der Waals surface area contributed by atoms with Gasteiger partial charge in [0.05, 0.1) is 11.8 Å². The molecule has 0 aliphatic carbocycles. The summed E-state index contributed by atoms with van der Waals surface area (Å²) in [6.45, 7) is 1.43. The SMILES string of the molecule is CC(=O)N(c1cccc(Br)c1)[C@@H]1C=CS(=O)(=O)C1. The topological polar surface area (TPSA) is 54.5 Å². The Morgan fingerprint density at radius 3 is 2.67 bits per heavy atom. The van der Waals surface area contributed by atoms with E-state index >= 15 is 0 Å². The lowest BCUT2D eigenvalue weighted by Crippen LogP contribution is -2.39. The van der Waals surface area contributed by atoms with E-state index in [1.54, 1.807) is 18.2 Å². The summed E-state index contributed by atoms with van der Waals surface area (Å²) < 4.78 is 23.7. The molecule has 0 saturated carbocycles. The lowest BCUT2D eigenvalue weighted by atomic mass is 10.2. The molecule has 0 unspecified atom stereocenters. The molecule has 18 heavy (non-hydrogen) atoms. The van der Waals surface area contributed by atoms with Gasteiger partial charge in [0.15, 0.2) is 9.84 Å². The standard InChI is InChI=1S/C12H12BrNO3S/c1-9(15)14(11-4-2-3-10(13)7-11)12-5-6-18(16,17)8-12/h2-7,12H,8H2,1H3/t12-/m1/s1. The summed E-state index contributed by atoms with van der Waals surface area (Å²) in [4.78, 5) is 13.2. The van der Waals surface area contributed by atoms with E-state index in [2.05, 4.69) is 15.9 Å². The van der Waals surface area contributed by atoms with Crippen LogP contribution in [0, 0.1) is 0 Å². The molecule has 2 rings (SSSR count). The second-order valence-corrected chi connectivity index (χ2v) is 6.94. The predicted molar refractivity (Wildman–Crippen MR) is 74.0 cm³/mol. The van der Waals surface area contributed by atoms with Crippen LogP contribution in [0.5, 0.6) is 0 Å². The smallest absolute Gasteiger partial charge is 0.224 e. The van der Waals surface area contributed by atoms with Crippen LogP contribution in [0.25, 0.3) is 0 Å². The number of halogens is 1. The van der Waals surface area contributed by atoms with Gasteiger partial charge in [0.2, 0.25) is 5.91 Å². The van der Waals surface area contributed by atoms with E-state index in [0.717, 1.165) is 4.47 Å². The number of carbonyl (C=O) groups excluding carboxylic acids is 1. The van der Waals surface area contributed by atoms with Crippen LogP contribution in [0.1, 0.15) is 6.92 Å². The van der Waals surface area contributed by atoms with E-state index in [1.807, 2.05) is 12.1 Å². The third kappa shape index (κ3) is 2.81. The summed E-state index contributed by atoms with van der Waals surface area (Å²) >= 11 is 3.34. The van der Waals surface area contributed by atoms with Crippen molar-refractivity contribution < 1.29 is 13.2 Å². The fourth-order valence-electron chi connectivity index (χ4n) is 1.95. The fourth-order valence-corrected chi connectivity index (χ4v) is 3.61. The van der Waals surface area contributed by atoms with E-state index in [1.165, 1.54) is 17.2 Å². The molecule has 0 N–H and O–H groups in total. The maximum atomic E-state index is 11.7. The maximum Gasteiger partial charge on any atom is 0.224 e. The number of sulfone groups is 1. The van der Waals surface area contributed by atoms with Gasteiger partial charge in [0.25, 0.3) is 0 Å². The molecule has 6 heteroatoms. The van der Waals surface area contributed by atoms with E-state index in [9.17, 15) is 13.2 Å². The zero-order valence-electron chi connectivity index (χ0n) is 9.71. The highest BCUT2D eigenvalue weighted by molar-refractivity contribution is 9.10. The minimum Gasteiger partial charge on any atom is -0.305 e. The molecule has 0 fully saturated rings. The summed E-state index contributed by atoms with van der Waals surface area (Å²) in [5.74, 6) is -0.237. The van der Waals surface area contributed by atoms with Crippen LogP contribution >= 0.6 is 15.9 Å². The lowest BCUT2D eigenvalue weighted by molar-refractivity contribution is -0.116. The molecule has 96 valence electrons. The fraction of sp³-hybridized carbons (Fsp3) is 0.250. The number of carbonyl (C=O) groups is 1. The number of amides is 1. The molecule has 0 aromatic heterocycles. The molecule has 1 heterocycles. The van der Waals surface area contributed by atoms with Crippen LogP contribution in [0.15, 0.2) is 40.2 Å². The summed E-state index contributed by atoms with van der Waals surface area (Å²) in [5, 5.41) is 1.17. The van der Waals surface area contributed by atoms with Gasteiger partial charge in [0.1, 0.15) is 0 Å². The molecule has 1 aromatic rings. The van der Waals surface area contributed by atoms with E-state index < -0.39 is 15.9 Å². The Labute approximate surface area is 114 Å². The second kappa shape index (κ2) is 4.85. The minimum absolute atomic E-state index is 0.0565. The number of hydrogen-bond donors (Lipinski definition) is 0. The van der Waals surface area contributed by atoms with Crippen molar-refractivity contribution in [3.8, 4) is 0 Å². The van der Waals surface area contributed by atoms with Crippen molar-refractivity contribution in [2.75, 3.05) is 10.7 Å². The average molecular weight is 330 g/mol. The highest BCUT2D eigenvalue weighted by Gasteiger charge is 2.29. The Morgan fingerprint density at radius 2 is 2.17 bits per heavy atom. The van der Waals surface area contributed by atoms with E-state index in [-0.39, 0.29) is 11.7 Å². The summed E-state index contributed by atoms with van der Waals surface area (Å²) in [7, 11) is -3.18. The summed E-state index contributed by atoms with van der Waals surface area (Å²) in [6, 6.07) is 6.80. The van der Waals surface area contributed by atoms with E-state index in [4.69, 9.17) is 0 Å². The van der Waals surface area contributed by atoms with E-state index in [0.29, 0.717) is 5.69 Å². The van der Waals surface area contributed by atoms with Gasteiger partial charge in [0, 0.05) is 22.5 Å². The number of anilines is 1. The van der Waals surface area contributed by atoms with Crippen molar-refractivity contribution in [3.05, 3.63) is 40.2 Å². The van der Waals surface area contributed by atoms with Gasteiger partial charge in [-0.25, -0.2) is 8.42 Å². The Hall–Kier alpha value is -1.14. The minimum atomic E-state index is -3.18. The number of nitrogens with zero attached hydrogens (tertiary/aromatic N) is 1. The van der Waals surface area contributed by atoms with Crippen LogP contribution < -0.4 is 4.90 Å².